The van der Waals surface area contributed by atoms with Crippen LogP contribution in [0.25, 0.3) is 10.2 Å². The van der Waals surface area contributed by atoms with Gasteiger partial charge in [-0.3, -0.25) is 14.4 Å². The molecular weight excluding hydrogens is 498 g/mol. The SMILES string of the molecule is CCOC(=O)c1ccc(NC(=O)CSc2nc3ccc(N4C(=O)c5ccccc5C4=O)cc3s2)cc1. The zero-order chi connectivity index (χ0) is 25.2. The number of rotatable bonds is 7. The molecule has 3 amide bonds. The van der Waals surface area contributed by atoms with Crippen LogP contribution in [0.3, 0.4) is 0 Å². The van der Waals surface area contributed by atoms with Gasteiger partial charge in [0.15, 0.2) is 4.34 Å². The summed E-state index contributed by atoms with van der Waals surface area (Å²) in [6.07, 6.45) is 0. The maximum absolute atomic E-state index is 12.8. The normalized spacial score (nSPS) is 12.6. The first-order valence-electron chi connectivity index (χ1n) is 11.0. The number of aromatic nitrogens is 1. The molecule has 0 saturated heterocycles. The molecule has 0 bridgehead atoms. The van der Waals surface area contributed by atoms with Gasteiger partial charge in [0.2, 0.25) is 5.91 Å². The molecule has 180 valence electrons. The Balaban J connectivity index is 1.23. The van der Waals surface area contributed by atoms with Gasteiger partial charge in [-0.1, -0.05) is 23.9 Å². The lowest BCUT2D eigenvalue weighted by atomic mass is 10.1. The molecule has 0 atom stereocenters. The molecule has 0 saturated carbocycles. The number of ether oxygens (including phenoxy) is 1. The molecule has 8 nitrogen and oxygen atoms in total. The average molecular weight is 518 g/mol. The second kappa shape index (κ2) is 9.92. The van der Waals surface area contributed by atoms with Gasteiger partial charge in [-0.15, -0.1) is 11.3 Å². The monoisotopic (exact) mass is 517 g/mol. The topological polar surface area (TPSA) is 106 Å². The van der Waals surface area contributed by atoms with Crippen LogP contribution in [-0.2, 0) is 9.53 Å². The molecule has 1 N–H and O–H groups in total. The Labute approximate surface area is 214 Å². The van der Waals surface area contributed by atoms with E-state index >= 15 is 0 Å². The molecule has 4 aromatic rings. The molecule has 0 radical (unpaired) electrons. The Kier molecular flexibility index (Phi) is 6.53. The predicted octanol–water partition coefficient (Wildman–Crippen LogP) is 5.00. The molecule has 2 heterocycles. The van der Waals surface area contributed by atoms with E-state index in [1.807, 2.05) is 0 Å². The first-order chi connectivity index (χ1) is 17.4. The summed E-state index contributed by atoms with van der Waals surface area (Å²) in [6, 6.07) is 18.5. The lowest BCUT2D eigenvalue weighted by molar-refractivity contribution is -0.113. The van der Waals surface area contributed by atoms with Gasteiger partial charge in [0.1, 0.15) is 0 Å². The fourth-order valence-electron chi connectivity index (χ4n) is 3.75. The third-order valence-corrected chi connectivity index (χ3v) is 7.57. The lowest BCUT2D eigenvalue weighted by Crippen LogP contribution is -2.29. The number of imide groups is 1. The second-order valence-electron chi connectivity index (χ2n) is 7.76. The highest BCUT2D eigenvalue weighted by molar-refractivity contribution is 8.01. The van der Waals surface area contributed by atoms with Crippen molar-refractivity contribution in [3.63, 3.8) is 0 Å². The minimum Gasteiger partial charge on any atom is -0.462 e. The minimum atomic E-state index is -0.409. The van der Waals surface area contributed by atoms with Crippen molar-refractivity contribution in [3.8, 4) is 0 Å². The number of thioether (sulfide) groups is 1. The molecule has 0 aliphatic carbocycles. The van der Waals surface area contributed by atoms with Gasteiger partial charge in [-0.05, 0) is 61.5 Å². The van der Waals surface area contributed by atoms with Gasteiger partial charge < -0.3 is 10.1 Å². The van der Waals surface area contributed by atoms with Gasteiger partial charge in [-0.25, -0.2) is 14.7 Å². The Morgan fingerprint density at radius 3 is 2.36 bits per heavy atom. The third kappa shape index (κ3) is 4.60. The highest BCUT2D eigenvalue weighted by Crippen LogP contribution is 2.35. The van der Waals surface area contributed by atoms with Gasteiger partial charge in [-0.2, -0.15) is 0 Å². The zero-order valence-corrected chi connectivity index (χ0v) is 20.7. The molecule has 36 heavy (non-hydrogen) atoms. The van der Waals surface area contributed by atoms with E-state index in [2.05, 4.69) is 10.3 Å². The molecule has 1 aliphatic rings. The van der Waals surface area contributed by atoms with Crippen LogP contribution in [-0.4, -0.2) is 41.0 Å². The average Bonchev–Trinajstić information content (AvgIpc) is 3.41. The summed E-state index contributed by atoms with van der Waals surface area (Å²) in [5.41, 5.74) is 2.98. The Morgan fingerprint density at radius 2 is 1.69 bits per heavy atom. The van der Waals surface area contributed by atoms with E-state index in [-0.39, 0.29) is 23.5 Å². The van der Waals surface area contributed by atoms with E-state index in [4.69, 9.17) is 4.74 Å². The fourth-order valence-corrected chi connectivity index (χ4v) is 5.65. The van der Waals surface area contributed by atoms with E-state index in [9.17, 15) is 19.2 Å². The van der Waals surface area contributed by atoms with E-state index < -0.39 is 5.97 Å². The van der Waals surface area contributed by atoms with Crippen LogP contribution in [0.2, 0.25) is 0 Å². The summed E-state index contributed by atoms with van der Waals surface area (Å²) in [5.74, 6) is -1.17. The van der Waals surface area contributed by atoms with Gasteiger partial charge in [0.05, 0.1) is 45.0 Å². The Morgan fingerprint density at radius 1 is 1.00 bits per heavy atom. The molecule has 0 fully saturated rings. The number of hydrogen-bond acceptors (Lipinski definition) is 8. The molecular formula is C26H19N3O5S2. The van der Waals surface area contributed by atoms with Crippen LogP contribution >= 0.6 is 23.1 Å². The number of fused-ring (bicyclic) bond motifs is 2. The minimum absolute atomic E-state index is 0.144. The molecule has 0 spiro atoms. The summed E-state index contributed by atoms with van der Waals surface area (Å²) in [5, 5.41) is 2.79. The number of nitrogens with zero attached hydrogens (tertiary/aromatic N) is 2. The van der Waals surface area contributed by atoms with E-state index in [1.54, 1.807) is 73.7 Å². The van der Waals surface area contributed by atoms with Crippen molar-refractivity contribution >= 4 is 68.4 Å². The number of esters is 1. The number of benzene rings is 3. The number of carbonyl (C=O) groups excluding carboxylic acids is 4. The number of nitrogens with one attached hydrogen (secondary N) is 1. The number of amides is 3. The lowest BCUT2D eigenvalue weighted by Gasteiger charge is -2.13. The highest BCUT2D eigenvalue weighted by Gasteiger charge is 2.36. The number of carbonyl (C=O) groups is 4. The standard InChI is InChI=1S/C26H19N3O5S2/c1-2-34-25(33)15-7-9-16(10-8-15)27-22(30)14-35-26-28-20-12-11-17(13-21(20)36-26)29-23(31)18-5-3-4-6-19(18)24(29)32/h3-13H,2,14H2,1H3,(H,27,30). The van der Waals surface area contributed by atoms with Crippen molar-refractivity contribution < 1.29 is 23.9 Å². The smallest absolute Gasteiger partial charge is 0.338 e. The van der Waals surface area contributed by atoms with Crippen molar-refractivity contribution in [3.05, 3.63) is 83.4 Å². The second-order valence-corrected chi connectivity index (χ2v) is 10.0. The number of hydrogen-bond donors (Lipinski definition) is 1. The van der Waals surface area contributed by atoms with Gasteiger partial charge in [0, 0.05) is 5.69 Å². The van der Waals surface area contributed by atoms with Gasteiger partial charge >= 0.3 is 5.97 Å². The summed E-state index contributed by atoms with van der Waals surface area (Å²) in [6.45, 7) is 2.04. The molecule has 3 aromatic carbocycles. The van der Waals surface area contributed by atoms with Crippen LogP contribution in [0.5, 0.6) is 0 Å². The third-order valence-electron chi connectivity index (χ3n) is 5.41. The number of anilines is 2. The first-order valence-corrected chi connectivity index (χ1v) is 12.8. The molecule has 5 rings (SSSR count). The molecule has 1 aliphatic heterocycles. The van der Waals surface area contributed by atoms with Crippen LogP contribution < -0.4 is 10.2 Å². The summed E-state index contributed by atoms with van der Waals surface area (Å²) < 4.78 is 6.45. The van der Waals surface area contributed by atoms with Crippen molar-refractivity contribution in [1.29, 1.82) is 0 Å². The molecule has 1 aromatic heterocycles. The molecule has 10 heteroatoms. The van der Waals surface area contributed by atoms with E-state index in [0.717, 1.165) is 10.2 Å². The Hall–Kier alpha value is -4.02. The maximum Gasteiger partial charge on any atom is 0.338 e. The van der Waals surface area contributed by atoms with Crippen molar-refractivity contribution in [2.24, 2.45) is 0 Å². The summed E-state index contributed by atoms with van der Waals surface area (Å²) in [4.78, 5) is 55.4. The maximum atomic E-state index is 12.8. The predicted molar refractivity (Wildman–Crippen MR) is 139 cm³/mol. The fraction of sp³-hybridized carbons (Fsp3) is 0.115. The summed E-state index contributed by atoms with van der Waals surface area (Å²) >= 11 is 2.68. The van der Waals surface area contributed by atoms with Crippen LogP contribution in [0.4, 0.5) is 11.4 Å². The van der Waals surface area contributed by atoms with Crippen LogP contribution in [0.15, 0.2) is 71.1 Å². The zero-order valence-electron chi connectivity index (χ0n) is 19.0. The van der Waals surface area contributed by atoms with E-state index in [0.29, 0.717) is 39.0 Å². The molecule has 0 unspecified atom stereocenters. The van der Waals surface area contributed by atoms with Gasteiger partial charge in [0.25, 0.3) is 11.8 Å². The van der Waals surface area contributed by atoms with Crippen molar-refractivity contribution in [2.75, 3.05) is 22.6 Å². The Bertz CT molecular complexity index is 1480. The quantitative estimate of drug-likeness (QED) is 0.209. The number of thiazole rings is 1. The largest absolute Gasteiger partial charge is 0.462 e. The van der Waals surface area contributed by atoms with Crippen LogP contribution in [0.1, 0.15) is 38.0 Å². The van der Waals surface area contributed by atoms with Crippen LogP contribution in [0, 0.1) is 0 Å². The highest BCUT2D eigenvalue weighted by atomic mass is 32.2. The summed E-state index contributed by atoms with van der Waals surface area (Å²) in [7, 11) is 0. The van der Waals surface area contributed by atoms with Crippen molar-refractivity contribution in [2.45, 2.75) is 11.3 Å². The first kappa shape index (κ1) is 23.7. The van der Waals surface area contributed by atoms with Crippen molar-refractivity contribution in [1.82, 2.24) is 4.98 Å². The van der Waals surface area contributed by atoms with E-state index in [1.165, 1.54) is 28.0 Å².